The Hall–Kier alpha value is -3.34. The number of anilines is 1. The third-order valence-electron chi connectivity index (χ3n) is 6.49. The van der Waals surface area contributed by atoms with E-state index in [1.165, 1.54) is 24.3 Å². The van der Waals surface area contributed by atoms with E-state index in [1.54, 1.807) is 48.7 Å². The molecule has 0 aliphatic heterocycles. The molecule has 0 bridgehead atoms. The van der Waals surface area contributed by atoms with Crippen LogP contribution >= 0.6 is 15.9 Å². The zero-order valence-electron chi connectivity index (χ0n) is 22.5. The lowest BCUT2D eigenvalue weighted by molar-refractivity contribution is -0.142. The number of hydrogen-bond donors (Lipinski definition) is 1. The van der Waals surface area contributed by atoms with E-state index in [-0.39, 0.29) is 41.8 Å². The van der Waals surface area contributed by atoms with Crippen LogP contribution in [0, 0.1) is 17.6 Å². The fourth-order valence-corrected chi connectivity index (χ4v) is 4.81. The van der Waals surface area contributed by atoms with Crippen molar-refractivity contribution in [2.24, 2.45) is 5.92 Å². The van der Waals surface area contributed by atoms with Crippen LogP contribution in [0.3, 0.4) is 0 Å². The average molecular weight is 604 g/mol. The summed E-state index contributed by atoms with van der Waals surface area (Å²) in [6.45, 7) is 9.26. The molecule has 0 saturated heterocycles. The van der Waals surface area contributed by atoms with Gasteiger partial charge < -0.3 is 9.64 Å². The topological polar surface area (TPSA) is 89.4 Å². The highest BCUT2D eigenvalue weighted by Gasteiger charge is 2.39. The lowest BCUT2D eigenvalue weighted by Gasteiger charge is -2.39. The first kappa shape index (κ1) is 28.7. The molecule has 1 fully saturated rings. The first-order chi connectivity index (χ1) is 18.3. The van der Waals surface area contributed by atoms with Crippen molar-refractivity contribution in [2.75, 3.05) is 5.32 Å². The quantitative estimate of drug-likeness (QED) is 0.324. The van der Waals surface area contributed by atoms with E-state index in [0.717, 1.165) is 4.47 Å². The second-order valence-electron chi connectivity index (χ2n) is 11.0. The van der Waals surface area contributed by atoms with Crippen LogP contribution < -0.4 is 5.32 Å². The van der Waals surface area contributed by atoms with Gasteiger partial charge in [0, 0.05) is 39.8 Å². The van der Waals surface area contributed by atoms with E-state index in [0.29, 0.717) is 29.8 Å². The van der Waals surface area contributed by atoms with Gasteiger partial charge in [0.2, 0.25) is 5.91 Å². The van der Waals surface area contributed by atoms with Crippen LogP contribution in [0.1, 0.15) is 59.1 Å². The summed E-state index contributed by atoms with van der Waals surface area (Å²) >= 11 is 3.36. The van der Waals surface area contributed by atoms with Gasteiger partial charge in [-0.15, -0.1) is 5.10 Å². The zero-order chi connectivity index (χ0) is 28.5. The van der Waals surface area contributed by atoms with Crippen molar-refractivity contribution in [1.29, 1.82) is 0 Å². The van der Waals surface area contributed by atoms with E-state index >= 15 is 0 Å². The maximum atomic E-state index is 14.6. The highest BCUT2D eigenvalue weighted by molar-refractivity contribution is 9.10. The van der Waals surface area contributed by atoms with Crippen LogP contribution in [-0.4, -0.2) is 43.5 Å². The monoisotopic (exact) mass is 603 g/mol. The largest absolute Gasteiger partial charge is 0.444 e. The Balaban J connectivity index is 1.41. The van der Waals surface area contributed by atoms with Crippen molar-refractivity contribution < 1.29 is 23.1 Å². The molecule has 0 radical (unpaired) electrons. The molecule has 2 aromatic carbocycles. The molecule has 11 heteroatoms. The lowest BCUT2D eigenvalue weighted by Crippen LogP contribution is -2.45. The molecule has 1 heterocycles. The molecule has 1 aliphatic rings. The van der Waals surface area contributed by atoms with Gasteiger partial charge in [0.1, 0.15) is 22.9 Å². The Kier molecular flexibility index (Phi) is 8.39. The van der Waals surface area contributed by atoms with E-state index in [4.69, 9.17) is 4.74 Å². The SMILES string of the molecule is CC(C)N(Cc1cc(Br)ccc1F)C(=O)C1CC(n2cc(-c3cc(NC(=O)OC(C)(C)C)ccc3F)nn2)C1. The molecule has 1 N–H and O–H groups in total. The minimum absolute atomic E-state index is 0.0343. The third-order valence-corrected chi connectivity index (χ3v) is 6.98. The molecular weight excluding hydrogens is 572 g/mol. The smallest absolute Gasteiger partial charge is 0.412 e. The van der Waals surface area contributed by atoms with Gasteiger partial charge in [-0.3, -0.25) is 10.1 Å². The van der Waals surface area contributed by atoms with Gasteiger partial charge in [-0.25, -0.2) is 18.3 Å². The lowest BCUT2D eigenvalue weighted by atomic mass is 9.79. The second kappa shape index (κ2) is 11.4. The van der Waals surface area contributed by atoms with Gasteiger partial charge >= 0.3 is 6.09 Å². The van der Waals surface area contributed by atoms with Gasteiger partial charge in [0.25, 0.3) is 0 Å². The van der Waals surface area contributed by atoms with Gasteiger partial charge in [-0.05, 0) is 83.9 Å². The van der Waals surface area contributed by atoms with Gasteiger partial charge in [-0.1, -0.05) is 21.1 Å². The highest BCUT2D eigenvalue weighted by Crippen LogP contribution is 2.40. The van der Waals surface area contributed by atoms with Crippen molar-refractivity contribution in [2.45, 2.75) is 71.7 Å². The van der Waals surface area contributed by atoms with E-state index < -0.39 is 17.5 Å². The molecule has 0 atom stereocenters. The van der Waals surface area contributed by atoms with Crippen LogP contribution in [0.25, 0.3) is 11.3 Å². The summed E-state index contributed by atoms with van der Waals surface area (Å²) in [6.07, 6.45) is 2.09. The van der Waals surface area contributed by atoms with Crippen molar-refractivity contribution >= 4 is 33.6 Å². The molecule has 208 valence electrons. The summed E-state index contributed by atoms with van der Waals surface area (Å²) in [4.78, 5) is 27.1. The summed E-state index contributed by atoms with van der Waals surface area (Å²) in [5.41, 5.74) is 0.639. The van der Waals surface area contributed by atoms with Crippen LogP contribution in [0.5, 0.6) is 0 Å². The number of aromatic nitrogens is 3. The summed E-state index contributed by atoms with van der Waals surface area (Å²) in [7, 11) is 0. The Labute approximate surface area is 234 Å². The molecule has 8 nitrogen and oxygen atoms in total. The van der Waals surface area contributed by atoms with E-state index in [9.17, 15) is 18.4 Å². The Bertz CT molecular complexity index is 1370. The number of rotatable bonds is 7. The van der Waals surface area contributed by atoms with Gasteiger partial charge in [0.15, 0.2) is 0 Å². The molecule has 1 aliphatic carbocycles. The zero-order valence-corrected chi connectivity index (χ0v) is 24.1. The number of benzene rings is 2. The maximum Gasteiger partial charge on any atom is 0.412 e. The van der Waals surface area contributed by atoms with Crippen LogP contribution in [0.15, 0.2) is 47.1 Å². The van der Waals surface area contributed by atoms with E-state index in [1.807, 2.05) is 13.8 Å². The number of ether oxygens (including phenoxy) is 1. The second-order valence-corrected chi connectivity index (χ2v) is 11.9. The van der Waals surface area contributed by atoms with E-state index in [2.05, 4.69) is 31.6 Å². The first-order valence-corrected chi connectivity index (χ1v) is 13.6. The minimum atomic E-state index is -0.668. The normalized spacial score (nSPS) is 17.1. The van der Waals surface area contributed by atoms with Crippen molar-refractivity contribution in [3.8, 4) is 11.3 Å². The molecule has 0 unspecified atom stereocenters. The Morgan fingerprint density at radius 3 is 2.51 bits per heavy atom. The number of carbonyl (C=O) groups excluding carboxylic acids is 2. The van der Waals surface area contributed by atoms with Gasteiger partial charge in [0.05, 0.1) is 12.2 Å². The van der Waals surface area contributed by atoms with Crippen molar-refractivity contribution in [1.82, 2.24) is 19.9 Å². The highest BCUT2D eigenvalue weighted by atomic mass is 79.9. The Morgan fingerprint density at radius 2 is 1.85 bits per heavy atom. The fraction of sp³-hybridized carbons (Fsp3) is 0.429. The number of nitrogens with zero attached hydrogens (tertiary/aromatic N) is 4. The average Bonchev–Trinajstić information content (AvgIpc) is 3.27. The Morgan fingerprint density at radius 1 is 1.15 bits per heavy atom. The number of carbonyl (C=O) groups is 2. The van der Waals surface area contributed by atoms with Crippen molar-refractivity contribution in [3.05, 3.63) is 64.3 Å². The third kappa shape index (κ3) is 7.00. The molecule has 2 amide bonds. The number of halogens is 3. The van der Waals surface area contributed by atoms with Crippen molar-refractivity contribution in [3.63, 3.8) is 0 Å². The number of nitrogens with one attached hydrogen (secondary N) is 1. The predicted octanol–water partition coefficient (Wildman–Crippen LogP) is 6.72. The summed E-state index contributed by atoms with van der Waals surface area (Å²) in [5.74, 6) is -1.12. The van der Waals surface area contributed by atoms with Crippen LogP contribution in [-0.2, 0) is 16.1 Å². The first-order valence-electron chi connectivity index (χ1n) is 12.8. The van der Waals surface area contributed by atoms with Crippen LogP contribution in [0.4, 0.5) is 19.3 Å². The minimum Gasteiger partial charge on any atom is -0.444 e. The molecule has 1 aromatic heterocycles. The van der Waals surface area contributed by atoms with Gasteiger partial charge in [-0.2, -0.15) is 0 Å². The van der Waals surface area contributed by atoms with Crippen LogP contribution in [0.2, 0.25) is 0 Å². The summed E-state index contributed by atoms with van der Waals surface area (Å²) < 4.78 is 36.6. The maximum absolute atomic E-state index is 14.6. The summed E-state index contributed by atoms with van der Waals surface area (Å²) in [6, 6.07) is 8.70. The number of hydrogen-bond acceptors (Lipinski definition) is 5. The number of amides is 2. The molecule has 3 aromatic rings. The predicted molar refractivity (Wildman–Crippen MR) is 147 cm³/mol. The molecule has 1 saturated carbocycles. The molecule has 39 heavy (non-hydrogen) atoms. The fourth-order valence-electron chi connectivity index (χ4n) is 4.40. The molecule has 0 spiro atoms. The molecule has 4 rings (SSSR count). The molecular formula is C28H32BrF2N5O3. The summed E-state index contributed by atoms with van der Waals surface area (Å²) in [5, 5.41) is 10.9. The standard InChI is InChI=1S/C28H32BrF2N5O3/c1-16(2)35(14-18-10-19(29)6-8-23(18)30)26(37)17-11-21(12-17)36-15-25(33-34-36)22-13-20(7-9-24(22)31)32-27(38)39-28(3,4)5/h6-10,13,15-17,21H,11-12,14H2,1-5H3,(H,32,38).